The molecule has 0 aliphatic heterocycles. The molecule has 4 nitrogen and oxygen atoms in total. The lowest BCUT2D eigenvalue weighted by atomic mass is 10.1. The summed E-state index contributed by atoms with van der Waals surface area (Å²) in [7, 11) is 0. The minimum absolute atomic E-state index is 0.0496. The Kier molecular flexibility index (Phi) is 7.12. The summed E-state index contributed by atoms with van der Waals surface area (Å²) in [5, 5.41) is 12.3. The second-order valence-corrected chi connectivity index (χ2v) is 6.77. The van der Waals surface area contributed by atoms with Gasteiger partial charge in [-0.05, 0) is 48.7 Å². The Bertz CT molecular complexity index is 789. The first-order valence-electron chi connectivity index (χ1n) is 8.17. The van der Waals surface area contributed by atoms with E-state index < -0.39 is 5.97 Å². The van der Waals surface area contributed by atoms with Gasteiger partial charge in [-0.2, -0.15) is 0 Å². The monoisotopic (exact) mass is 399 g/mol. The number of carboxylic acids is 1. The fourth-order valence-electron chi connectivity index (χ4n) is 2.51. The molecule has 0 saturated carbocycles. The highest BCUT2D eigenvalue weighted by Gasteiger charge is 2.15. The van der Waals surface area contributed by atoms with Gasteiger partial charge in [0.2, 0.25) is 0 Å². The summed E-state index contributed by atoms with van der Waals surface area (Å²) in [4.78, 5) is 10.8. The van der Waals surface area contributed by atoms with E-state index in [0.717, 1.165) is 12.0 Å². The van der Waals surface area contributed by atoms with Crippen molar-refractivity contribution in [2.75, 3.05) is 11.9 Å². The highest BCUT2D eigenvalue weighted by Crippen LogP contribution is 2.35. The second kappa shape index (κ2) is 9.10. The fraction of sp³-hybridized carbons (Fsp3) is 0.316. The molecular formula is C19H20Cl2FNO3. The van der Waals surface area contributed by atoms with E-state index in [1.165, 1.54) is 12.1 Å². The Balaban J connectivity index is 2.21. The summed E-state index contributed by atoms with van der Waals surface area (Å²) >= 11 is 12.3. The van der Waals surface area contributed by atoms with Crippen molar-refractivity contribution in [3.8, 4) is 5.75 Å². The number of nitrogens with one attached hydrogen (secondary N) is 1. The van der Waals surface area contributed by atoms with Crippen molar-refractivity contribution in [2.45, 2.75) is 33.3 Å². The van der Waals surface area contributed by atoms with Gasteiger partial charge < -0.3 is 15.2 Å². The van der Waals surface area contributed by atoms with Crippen molar-refractivity contribution in [3.05, 3.63) is 56.8 Å². The maximum atomic E-state index is 14.6. The van der Waals surface area contributed by atoms with Crippen molar-refractivity contribution < 1.29 is 19.0 Å². The molecule has 0 aliphatic carbocycles. The number of carboxylic acid groups (broad SMARTS) is 1. The largest absolute Gasteiger partial charge is 0.486 e. The average molecular weight is 400 g/mol. The predicted octanol–water partition coefficient (Wildman–Crippen LogP) is 5.47. The van der Waals surface area contributed by atoms with Crippen LogP contribution in [0.15, 0.2) is 24.3 Å². The van der Waals surface area contributed by atoms with E-state index in [2.05, 4.69) is 5.32 Å². The van der Waals surface area contributed by atoms with Gasteiger partial charge in [-0.15, -0.1) is 0 Å². The number of benzene rings is 2. The van der Waals surface area contributed by atoms with Crippen molar-refractivity contribution in [1.82, 2.24) is 0 Å². The summed E-state index contributed by atoms with van der Waals surface area (Å²) in [6.07, 6.45) is 0.686. The summed E-state index contributed by atoms with van der Waals surface area (Å²) in [6, 6.07) is 6.41. The molecule has 140 valence electrons. The van der Waals surface area contributed by atoms with E-state index in [-0.39, 0.29) is 34.6 Å². The third-order valence-electron chi connectivity index (χ3n) is 3.64. The topological polar surface area (TPSA) is 58.6 Å². The molecule has 7 heteroatoms. The zero-order chi connectivity index (χ0) is 19.3. The Labute approximate surface area is 161 Å². The Morgan fingerprint density at radius 1 is 1.23 bits per heavy atom. The normalized spacial score (nSPS) is 10.7. The summed E-state index contributed by atoms with van der Waals surface area (Å²) in [5.74, 6) is -1.16. The number of hydrogen-bond donors (Lipinski definition) is 2. The van der Waals surface area contributed by atoms with Gasteiger partial charge in [-0.3, -0.25) is 4.79 Å². The summed E-state index contributed by atoms with van der Waals surface area (Å²) < 4.78 is 20.2. The molecule has 0 fully saturated rings. The number of halogens is 3. The third-order valence-corrected chi connectivity index (χ3v) is 4.20. The lowest BCUT2D eigenvalue weighted by Crippen LogP contribution is -2.07. The number of rotatable bonds is 8. The summed E-state index contributed by atoms with van der Waals surface area (Å²) in [5.41, 5.74) is 2.18. The lowest BCUT2D eigenvalue weighted by molar-refractivity contribution is -0.136. The molecule has 0 aliphatic rings. The lowest BCUT2D eigenvalue weighted by Gasteiger charge is -2.15. The predicted molar refractivity (Wildman–Crippen MR) is 102 cm³/mol. The van der Waals surface area contributed by atoms with Crippen LogP contribution in [0.25, 0.3) is 0 Å². The maximum Gasteiger partial charge on any atom is 0.307 e. The fourth-order valence-corrected chi connectivity index (χ4v) is 3.16. The van der Waals surface area contributed by atoms with Crippen LogP contribution in [0.2, 0.25) is 10.0 Å². The molecule has 2 aromatic carbocycles. The minimum Gasteiger partial charge on any atom is -0.486 e. The molecule has 0 unspecified atom stereocenters. The SMILES string of the molecule is CCCNc1cc(C)cc(COc2c(Cl)cc(CC(=O)O)cc2Cl)c1F. The minimum atomic E-state index is -0.986. The van der Waals surface area contributed by atoms with Crippen molar-refractivity contribution >= 4 is 34.9 Å². The molecule has 26 heavy (non-hydrogen) atoms. The molecule has 0 heterocycles. The molecule has 0 amide bonds. The highest BCUT2D eigenvalue weighted by molar-refractivity contribution is 6.37. The van der Waals surface area contributed by atoms with Gasteiger partial charge in [0.15, 0.2) is 11.6 Å². The highest BCUT2D eigenvalue weighted by atomic mass is 35.5. The van der Waals surface area contributed by atoms with E-state index in [1.54, 1.807) is 12.1 Å². The number of aliphatic carboxylic acids is 1. The number of anilines is 1. The van der Waals surface area contributed by atoms with Gasteiger partial charge >= 0.3 is 5.97 Å². The Morgan fingerprint density at radius 3 is 2.46 bits per heavy atom. The molecule has 2 N–H and O–H groups in total. The zero-order valence-electron chi connectivity index (χ0n) is 14.5. The standard InChI is InChI=1S/C19H20Cl2FNO3/c1-3-4-23-16-6-11(2)5-13(18(16)22)10-26-19-14(20)7-12(8-15(19)21)9-17(24)25/h5-8,23H,3-4,9-10H2,1-2H3,(H,24,25). The van der Waals surface area contributed by atoms with Gasteiger partial charge in [0.25, 0.3) is 0 Å². The van der Waals surface area contributed by atoms with Crippen LogP contribution < -0.4 is 10.1 Å². The molecule has 0 atom stereocenters. The van der Waals surface area contributed by atoms with E-state index in [4.69, 9.17) is 33.0 Å². The Morgan fingerprint density at radius 2 is 1.88 bits per heavy atom. The molecule has 0 bridgehead atoms. The number of ether oxygens (including phenoxy) is 1. The van der Waals surface area contributed by atoms with Crippen molar-refractivity contribution in [2.24, 2.45) is 0 Å². The van der Waals surface area contributed by atoms with Crippen molar-refractivity contribution in [1.29, 1.82) is 0 Å². The maximum absolute atomic E-state index is 14.6. The van der Waals surface area contributed by atoms with E-state index in [1.807, 2.05) is 13.8 Å². The van der Waals surface area contributed by atoms with Crippen LogP contribution >= 0.6 is 23.2 Å². The number of hydrogen-bond acceptors (Lipinski definition) is 3. The van der Waals surface area contributed by atoms with Crippen LogP contribution in [-0.2, 0) is 17.8 Å². The Hall–Kier alpha value is -1.98. The first-order chi connectivity index (χ1) is 12.3. The van der Waals surface area contributed by atoms with E-state index in [0.29, 0.717) is 23.4 Å². The molecule has 0 aromatic heterocycles. The number of aryl methyl sites for hydroxylation is 1. The molecular weight excluding hydrogens is 380 g/mol. The van der Waals surface area contributed by atoms with Crippen LogP contribution in [-0.4, -0.2) is 17.6 Å². The first kappa shape index (κ1) is 20.3. The molecule has 2 rings (SSSR count). The van der Waals surface area contributed by atoms with Crippen LogP contribution in [0, 0.1) is 12.7 Å². The van der Waals surface area contributed by atoms with Gasteiger partial charge in [-0.25, -0.2) is 4.39 Å². The smallest absolute Gasteiger partial charge is 0.307 e. The molecule has 0 saturated heterocycles. The zero-order valence-corrected chi connectivity index (χ0v) is 16.0. The average Bonchev–Trinajstić information content (AvgIpc) is 2.54. The van der Waals surface area contributed by atoms with Gasteiger partial charge in [0.05, 0.1) is 22.2 Å². The van der Waals surface area contributed by atoms with Crippen LogP contribution in [0.5, 0.6) is 5.75 Å². The third kappa shape index (κ3) is 5.26. The summed E-state index contributed by atoms with van der Waals surface area (Å²) in [6.45, 7) is 4.50. The van der Waals surface area contributed by atoms with E-state index >= 15 is 0 Å². The molecule has 0 spiro atoms. The van der Waals surface area contributed by atoms with Crippen molar-refractivity contribution in [3.63, 3.8) is 0 Å². The van der Waals surface area contributed by atoms with E-state index in [9.17, 15) is 9.18 Å². The quantitative estimate of drug-likeness (QED) is 0.617. The van der Waals surface area contributed by atoms with Crippen LogP contribution in [0.4, 0.5) is 10.1 Å². The second-order valence-electron chi connectivity index (χ2n) is 5.96. The van der Waals surface area contributed by atoms with Gasteiger partial charge in [0.1, 0.15) is 6.61 Å². The van der Waals surface area contributed by atoms with Gasteiger partial charge in [-0.1, -0.05) is 30.1 Å². The number of carbonyl (C=O) groups is 1. The first-order valence-corrected chi connectivity index (χ1v) is 8.92. The molecule has 2 aromatic rings. The molecule has 0 radical (unpaired) electrons. The van der Waals surface area contributed by atoms with Crippen LogP contribution in [0.1, 0.15) is 30.0 Å². The van der Waals surface area contributed by atoms with Crippen LogP contribution in [0.3, 0.4) is 0 Å². The van der Waals surface area contributed by atoms with Gasteiger partial charge in [0, 0.05) is 12.1 Å².